The Morgan fingerprint density at radius 2 is 0.947 bits per heavy atom. The Hall–Kier alpha value is -11.5. The smallest absolute Gasteiger partial charge is 0.134 e. The average Bonchev–Trinajstić information content (AvgIpc) is 0.714. The SMILES string of the molecule is C=C/C=C(\C1=C(C)Oc2c(CC3(C)c4ccccc4C4(c5ccccc5Oc5cc(-c6ccc(-c7cc(-c8ccccn8)nc(-c8ccccn8)c7)cc6)ccc54)c4ccccc43)cccc2C12c1ccccc1C(C)(C)c1ccccc12)c1cccc(-c2ccco2)c1. The van der Waals surface area contributed by atoms with E-state index in [0.717, 1.165) is 118 Å². The monoisotopic (exact) mass is 1210 g/mol. The van der Waals surface area contributed by atoms with Crippen molar-refractivity contribution in [2.75, 3.05) is 0 Å². The van der Waals surface area contributed by atoms with Gasteiger partial charge in [-0.3, -0.25) is 9.97 Å². The van der Waals surface area contributed by atoms with Gasteiger partial charge < -0.3 is 13.9 Å². The Balaban J connectivity index is 0.809. The Kier molecular flexibility index (Phi) is 13.1. The van der Waals surface area contributed by atoms with Crippen LogP contribution in [0.5, 0.6) is 17.2 Å². The van der Waals surface area contributed by atoms with E-state index in [-0.39, 0.29) is 5.41 Å². The number of hydrogen-bond donors (Lipinski definition) is 0. The van der Waals surface area contributed by atoms with Gasteiger partial charge in [0.1, 0.15) is 28.8 Å². The highest BCUT2D eigenvalue weighted by atomic mass is 16.5. The number of ether oxygens (including phenoxy) is 2. The average molecular weight is 1210 g/mol. The van der Waals surface area contributed by atoms with Crippen LogP contribution in [0.1, 0.15) is 100 Å². The highest BCUT2D eigenvalue weighted by molar-refractivity contribution is 5.92. The van der Waals surface area contributed by atoms with E-state index in [9.17, 15) is 0 Å². The molecule has 2 aliphatic heterocycles. The van der Waals surface area contributed by atoms with E-state index < -0.39 is 16.2 Å². The van der Waals surface area contributed by atoms with Gasteiger partial charge in [0.05, 0.1) is 39.9 Å². The molecule has 450 valence electrons. The van der Waals surface area contributed by atoms with Crippen LogP contribution in [-0.4, -0.2) is 15.0 Å². The summed E-state index contributed by atoms with van der Waals surface area (Å²) in [5.74, 6) is 4.19. The van der Waals surface area contributed by atoms with Gasteiger partial charge in [-0.15, -0.1) is 0 Å². The molecule has 0 fully saturated rings. The molecule has 17 rings (SSSR count). The van der Waals surface area contributed by atoms with Crippen LogP contribution in [-0.2, 0) is 28.1 Å². The summed E-state index contributed by atoms with van der Waals surface area (Å²) in [5.41, 5.74) is 23.5. The van der Waals surface area contributed by atoms with Gasteiger partial charge in [-0.05, 0) is 164 Å². The van der Waals surface area contributed by atoms with Crippen molar-refractivity contribution in [1.82, 2.24) is 15.0 Å². The largest absolute Gasteiger partial charge is 0.464 e. The van der Waals surface area contributed by atoms with Gasteiger partial charge in [0, 0.05) is 51.1 Å². The molecule has 9 aromatic carbocycles. The molecule has 94 heavy (non-hydrogen) atoms. The summed E-state index contributed by atoms with van der Waals surface area (Å²) in [7, 11) is 0. The lowest BCUT2D eigenvalue weighted by Gasteiger charge is -2.52. The Labute approximate surface area is 548 Å². The van der Waals surface area contributed by atoms with E-state index in [4.69, 9.17) is 18.9 Å². The number of pyridine rings is 3. The number of rotatable bonds is 10. The van der Waals surface area contributed by atoms with Crippen LogP contribution in [0.2, 0.25) is 0 Å². The fourth-order valence-electron chi connectivity index (χ4n) is 16.5. The van der Waals surface area contributed by atoms with Crippen LogP contribution in [0.25, 0.3) is 61.9 Å². The first kappa shape index (κ1) is 56.5. The number of fused-ring (bicyclic) bond motifs is 14. The summed E-state index contributed by atoms with van der Waals surface area (Å²) >= 11 is 0. The van der Waals surface area contributed by atoms with Crippen LogP contribution in [0, 0.1) is 0 Å². The molecule has 0 amide bonds. The highest BCUT2D eigenvalue weighted by Gasteiger charge is 2.57. The first-order chi connectivity index (χ1) is 46.1. The third kappa shape index (κ3) is 8.45. The lowest BCUT2D eigenvalue weighted by Crippen LogP contribution is -2.46. The van der Waals surface area contributed by atoms with Crippen molar-refractivity contribution in [2.24, 2.45) is 0 Å². The predicted octanol–water partition coefficient (Wildman–Crippen LogP) is 21.1. The summed E-state index contributed by atoms with van der Waals surface area (Å²) in [6.07, 6.45) is 10.1. The number of benzene rings is 9. The second kappa shape index (κ2) is 21.9. The lowest BCUT2D eigenvalue weighted by atomic mass is 9.51. The number of para-hydroxylation sites is 2. The quantitative estimate of drug-likeness (QED) is 0.127. The zero-order valence-electron chi connectivity index (χ0n) is 52.8. The number of furan rings is 1. The summed E-state index contributed by atoms with van der Waals surface area (Å²) in [4.78, 5) is 14.4. The van der Waals surface area contributed by atoms with Gasteiger partial charge in [-0.1, -0.05) is 240 Å². The lowest BCUT2D eigenvalue weighted by molar-refractivity contribution is 0.373. The molecule has 0 saturated heterocycles. The molecule has 6 heterocycles. The van der Waals surface area contributed by atoms with Crippen molar-refractivity contribution in [1.29, 1.82) is 0 Å². The molecule has 6 heteroatoms. The van der Waals surface area contributed by atoms with E-state index in [1.807, 2.05) is 54.6 Å². The predicted molar refractivity (Wildman–Crippen MR) is 377 cm³/mol. The third-order valence-electron chi connectivity index (χ3n) is 20.5. The molecule has 0 unspecified atom stereocenters. The Morgan fingerprint density at radius 1 is 0.415 bits per heavy atom. The van der Waals surface area contributed by atoms with E-state index in [1.54, 1.807) is 18.7 Å². The molecule has 2 spiro atoms. The van der Waals surface area contributed by atoms with Crippen LogP contribution < -0.4 is 9.47 Å². The molecule has 0 bridgehead atoms. The van der Waals surface area contributed by atoms with Crippen LogP contribution in [0.3, 0.4) is 0 Å². The number of allylic oxidation sites excluding steroid dienone is 5. The Morgan fingerprint density at radius 3 is 1.54 bits per heavy atom. The minimum Gasteiger partial charge on any atom is -0.464 e. The fraction of sp³-hybridized carbons (Fsp3) is 0.102. The van der Waals surface area contributed by atoms with Crippen molar-refractivity contribution >= 4 is 5.57 Å². The van der Waals surface area contributed by atoms with Crippen LogP contribution >= 0.6 is 0 Å². The van der Waals surface area contributed by atoms with E-state index in [1.165, 1.54) is 44.5 Å². The molecular weight excluding hydrogens is 1150 g/mol. The van der Waals surface area contributed by atoms with E-state index in [2.05, 4.69) is 269 Å². The van der Waals surface area contributed by atoms with Gasteiger partial charge >= 0.3 is 0 Å². The van der Waals surface area contributed by atoms with E-state index in [0.29, 0.717) is 6.42 Å². The molecule has 0 radical (unpaired) electrons. The van der Waals surface area contributed by atoms with Crippen LogP contribution in [0.4, 0.5) is 0 Å². The number of nitrogens with zero attached hydrogens (tertiary/aromatic N) is 3. The number of aromatic nitrogens is 3. The normalized spacial score (nSPS) is 15.4. The summed E-state index contributed by atoms with van der Waals surface area (Å²) in [6, 6.07) is 96.5. The van der Waals surface area contributed by atoms with E-state index >= 15 is 0 Å². The van der Waals surface area contributed by atoms with Crippen LogP contribution in [0.15, 0.2) is 320 Å². The van der Waals surface area contributed by atoms with Gasteiger partial charge in [-0.2, -0.15) is 0 Å². The first-order valence-electron chi connectivity index (χ1n) is 32.4. The van der Waals surface area contributed by atoms with Gasteiger partial charge in [0.15, 0.2) is 0 Å². The highest BCUT2D eigenvalue weighted by Crippen LogP contribution is 2.65. The van der Waals surface area contributed by atoms with Gasteiger partial charge in [0.2, 0.25) is 0 Å². The van der Waals surface area contributed by atoms with Crippen molar-refractivity contribution < 1.29 is 13.9 Å². The molecule has 6 nitrogen and oxygen atoms in total. The standard InChI is InChI=1S/C88H65N3O3/c1-6-24-64(60-25-21-26-61(51-60)80-41-23-50-92-80)83-56(2)93-84-62(27-22-37-75(84)88(83)69-32-11-7-28-65(69)85(3,4)66-29-8-12-33-70(66)88)55-86(5)67-30-9-13-34-71(67)87(72-35-14-10-31-68(72)86)73-36-15-16-40-81(73)94-82-54-59(46-47-74(82)87)57-42-44-58(45-43-57)63-52-78(76-38-17-19-48-89-76)91-79(53-63)77-39-18-20-49-90-77/h6-54H,1,55H2,2-5H3/b64-24-. The summed E-state index contributed by atoms with van der Waals surface area (Å²) < 4.78 is 20.9. The first-order valence-corrected chi connectivity index (χ1v) is 32.4. The maximum Gasteiger partial charge on any atom is 0.134 e. The van der Waals surface area contributed by atoms with Crippen molar-refractivity contribution in [3.63, 3.8) is 0 Å². The minimum atomic E-state index is -0.829. The minimum absolute atomic E-state index is 0.317. The zero-order chi connectivity index (χ0) is 63.3. The second-order valence-corrected chi connectivity index (χ2v) is 26.0. The second-order valence-electron chi connectivity index (χ2n) is 26.0. The summed E-state index contributed by atoms with van der Waals surface area (Å²) in [5, 5.41) is 0. The fourth-order valence-corrected chi connectivity index (χ4v) is 16.5. The van der Waals surface area contributed by atoms with Gasteiger partial charge in [-0.25, -0.2) is 4.98 Å². The van der Waals surface area contributed by atoms with Crippen molar-refractivity contribution in [3.05, 3.63) is 388 Å². The van der Waals surface area contributed by atoms with Crippen molar-refractivity contribution in [2.45, 2.75) is 55.8 Å². The summed E-state index contributed by atoms with van der Waals surface area (Å²) in [6.45, 7) is 13.7. The maximum absolute atomic E-state index is 7.68. The maximum atomic E-state index is 7.68. The van der Waals surface area contributed by atoms with Crippen molar-refractivity contribution in [3.8, 4) is 73.6 Å². The molecule has 0 saturated carbocycles. The molecule has 0 atom stereocenters. The molecule has 2 aliphatic carbocycles. The molecule has 13 aromatic rings. The molecular formula is C88H65N3O3. The Bertz CT molecular complexity index is 5100. The molecule has 4 aromatic heterocycles. The number of hydrogen-bond acceptors (Lipinski definition) is 6. The zero-order valence-corrected chi connectivity index (χ0v) is 52.8. The molecule has 4 aliphatic rings. The topological polar surface area (TPSA) is 70.3 Å². The molecule has 0 N–H and O–H groups in total. The third-order valence-corrected chi connectivity index (χ3v) is 20.5. The van der Waals surface area contributed by atoms with Gasteiger partial charge in [0.25, 0.3) is 0 Å².